The molecule has 7 heteroatoms. The number of amides is 1. The van der Waals surface area contributed by atoms with E-state index in [0.717, 1.165) is 0 Å². The summed E-state index contributed by atoms with van der Waals surface area (Å²) in [5, 5.41) is 2.43. The number of nitrogens with zero attached hydrogens (tertiary/aromatic N) is 1. The van der Waals surface area contributed by atoms with Crippen LogP contribution in [0, 0.1) is 0 Å². The maximum Gasteiger partial charge on any atom is 0.308 e. The highest BCUT2D eigenvalue weighted by molar-refractivity contribution is 6.03. The minimum Gasteiger partial charge on any atom is -0.430 e. The molecule has 19 heavy (non-hydrogen) atoms. The van der Waals surface area contributed by atoms with E-state index in [-0.39, 0.29) is 11.8 Å². The first-order chi connectivity index (χ1) is 9.04. The molecule has 7 nitrogen and oxygen atoms in total. The molecule has 0 bridgehead atoms. The van der Waals surface area contributed by atoms with Gasteiger partial charge in [-0.15, -0.1) is 0 Å². The molecule has 0 saturated carbocycles. The van der Waals surface area contributed by atoms with Crippen LogP contribution in [0.3, 0.4) is 0 Å². The van der Waals surface area contributed by atoms with Crippen molar-refractivity contribution in [2.45, 2.75) is 6.92 Å². The maximum absolute atomic E-state index is 11.8. The van der Waals surface area contributed by atoms with Crippen LogP contribution < -0.4 is 15.8 Å². The van der Waals surface area contributed by atoms with Crippen LogP contribution in [0.4, 0.5) is 11.8 Å². The van der Waals surface area contributed by atoms with E-state index in [2.05, 4.69) is 10.3 Å². The number of nitrogens with one attached hydrogen (secondary N) is 1. The number of rotatable bonds is 3. The average molecular weight is 261 g/mol. The van der Waals surface area contributed by atoms with Gasteiger partial charge in [-0.2, -0.15) is 4.98 Å². The van der Waals surface area contributed by atoms with E-state index in [0.29, 0.717) is 11.3 Å². The first-order valence-corrected chi connectivity index (χ1v) is 5.35. The molecule has 2 rings (SSSR count). The minimum atomic E-state index is -0.424. The second kappa shape index (κ2) is 5.21. The standard InChI is InChI=1S/C12H11N3O4/c1-7(16)19-9-4-2-8(3-5-9)11(17)15-12-14-10(13)6-18-12/h2-6H,13H2,1H3,(H,14,15,17). The van der Waals surface area contributed by atoms with Gasteiger partial charge in [0.05, 0.1) is 0 Å². The van der Waals surface area contributed by atoms with Gasteiger partial charge in [0.15, 0.2) is 5.82 Å². The Hall–Kier alpha value is -2.83. The molecule has 0 fully saturated rings. The van der Waals surface area contributed by atoms with Crippen molar-refractivity contribution in [2.24, 2.45) is 0 Å². The summed E-state index contributed by atoms with van der Waals surface area (Å²) in [6.45, 7) is 1.30. The molecule has 1 aromatic carbocycles. The van der Waals surface area contributed by atoms with Gasteiger partial charge in [0.2, 0.25) is 0 Å². The van der Waals surface area contributed by atoms with E-state index in [1.807, 2.05) is 0 Å². The zero-order valence-corrected chi connectivity index (χ0v) is 10.0. The van der Waals surface area contributed by atoms with Crippen LogP contribution in [0.25, 0.3) is 0 Å². The normalized spacial score (nSPS) is 9.95. The Morgan fingerprint density at radius 3 is 2.53 bits per heavy atom. The van der Waals surface area contributed by atoms with Crippen molar-refractivity contribution >= 4 is 23.7 Å². The Morgan fingerprint density at radius 2 is 2.00 bits per heavy atom. The molecule has 0 radical (unpaired) electrons. The highest BCUT2D eigenvalue weighted by Gasteiger charge is 2.10. The number of nitrogens with two attached hydrogens (primary N) is 1. The molecule has 0 aliphatic heterocycles. The molecule has 0 aliphatic carbocycles. The Morgan fingerprint density at radius 1 is 1.32 bits per heavy atom. The number of carbonyl (C=O) groups is 2. The molecule has 2 aromatic rings. The van der Waals surface area contributed by atoms with Crippen LogP contribution in [0.2, 0.25) is 0 Å². The third-order valence-electron chi connectivity index (χ3n) is 2.12. The number of carbonyl (C=O) groups excluding carboxylic acids is 2. The lowest BCUT2D eigenvalue weighted by atomic mass is 10.2. The largest absolute Gasteiger partial charge is 0.430 e. The van der Waals surface area contributed by atoms with Crippen molar-refractivity contribution < 1.29 is 18.7 Å². The SMILES string of the molecule is CC(=O)Oc1ccc(C(=O)Nc2nc(N)co2)cc1. The predicted molar refractivity (Wildman–Crippen MR) is 66.6 cm³/mol. The van der Waals surface area contributed by atoms with Crippen LogP contribution in [0.5, 0.6) is 5.75 Å². The number of esters is 1. The minimum absolute atomic E-state index is 0.0200. The van der Waals surface area contributed by atoms with Gasteiger partial charge < -0.3 is 14.9 Å². The van der Waals surface area contributed by atoms with Crippen LogP contribution in [-0.2, 0) is 4.79 Å². The molecule has 0 saturated heterocycles. The van der Waals surface area contributed by atoms with Crippen LogP contribution in [-0.4, -0.2) is 16.9 Å². The third-order valence-corrected chi connectivity index (χ3v) is 2.12. The van der Waals surface area contributed by atoms with E-state index in [9.17, 15) is 9.59 Å². The third kappa shape index (κ3) is 3.32. The summed E-state index contributed by atoms with van der Waals surface area (Å²) in [7, 11) is 0. The second-order valence-corrected chi connectivity index (χ2v) is 3.65. The zero-order chi connectivity index (χ0) is 13.8. The maximum atomic E-state index is 11.8. The quantitative estimate of drug-likeness (QED) is 0.639. The highest BCUT2D eigenvalue weighted by atomic mass is 16.5. The molecule has 3 N–H and O–H groups in total. The van der Waals surface area contributed by atoms with Crippen molar-refractivity contribution in [1.82, 2.24) is 4.98 Å². The molecule has 98 valence electrons. The Kier molecular flexibility index (Phi) is 3.46. The molecular formula is C12H11N3O4. The smallest absolute Gasteiger partial charge is 0.308 e. The van der Waals surface area contributed by atoms with Gasteiger partial charge >= 0.3 is 12.0 Å². The fourth-order valence-corrected chi connectivity index (χ4v) is 1.35. The van der Waals surface area contributed by atoms with Gasteiger partial charge in [-0.25, -0.2) is 0 Å². The molecule has 1 heterocycles. The summed E-state index contributed by atoms with van der Waals surface area (Å²) in [4.78, 5) is 26.3. The number of nitrogen functional groups attached to an aromatic ring is 1. The van der Waals surface area contributed by atoms with E-state index in [4.69, 9.17) is 14.9 Å². The van der Waals surface area contributed by atoms with Gasteiger partial charge in [0.25, 0.3) is 5.91 Å². The number of ether oxygens (including phenoxy) is 1. The molecule has 0 atom stereocenters. The van der Waals surface area contributed by atoms with Gasteiger partial charge in [-0.3, -0.25) is 14.9 Å². The second-order valence-electron chi connectivity index (χ2n) is 3.65. The Balaban J connectivity index is 2.05. The van der Waals surface area contributed by atoms with Crippen molar-refractivity contribution in [3.8, 4) is 5.75 Å². The number of benzene rings is 1. The lowest BCUT2D eigenvalue weighted by Crippen LogP contribution is -2.12. The first-order valence-electron chi connectivity index (χ1n) is 5.35. The van der Waals surface area contributed by atoms with Crippen molar-refractivity contribution in [3.05, 3.63) is 36.1 Å². The fraction of sp³-hybridized carbons (Fsp3) is 0.0833. The van der Waals surface area contributed by atoms with Crippen molar-refractivity contribution in [1.29, 1.82) is 0 Å². The highest BCUT2D eigenvalue weighted by Crippen LogP contribution is 2.14. The topological polar surface area (TPSA) is 107 Å². The number of anilines is 2. The summed E-state index contributed by atoms with van der Waals surface area (Å²) in [6.07, 6.45) is 1.22. The molecule has 0 aliphatic rings. The van der Waals surface area contributed by atoms with Crippen LogP contribution in [0.1, 0.15) is 17.3 Å². The van der Waals surface area contributed by atoms with Crippen molar-refractivity contribution in [3.63, 3.8) is 0 Å². The summed E-state index contributed by atoms with van der Waals surface area (Å²) in [5.74, 6) is -0.284. The number of hydrogen-bond acceptors (Lipinski definition) is 6. The van der Waals surface area contributed by atoms with Gasteiger partial charge in [-0.1, -0.05) is 0 Å². The van der Waals surface area contributed by atoms with E-state index < -0.39 is 11.9 Å². The number of hydrogen-bond donors (Lipinski definition) is 2. The van der Waals surface area contributed by atoms with Crippen LogP contribution >= 0.6 is 0 Å². The fourth-order valence-electron chi connectivity index (χ4n) is 1.35. The lowest BCUT2D eigenvalue weighted by molar-refractivity contribution is -0.131. The first kappa shape index (κ1) is 12.6. The molecule has 1 aromatic heterocycles. The number of oxazole rings is 1. The van der Waals surface area contributed by atoms with Gasteiger partial charge in [0, 0.05) is 12.5 Å². The van der Waals surface area contributed by atoms with Gasteiger partial charge in [0.1, 0.15) is 12.0 Å². The molecule has 1 amide bonds. The summed E-state index contributed by atoms with van der Waals surface area (Å²) < 4.78 is 9.75. The summed E-state index contributed by atoms with van der Waals surface area (Å²) in [6, 6.07) is 6.08. The zero-order valence-electron chi connectivity index (χ0n) is 10.0. The molecular weight excluding hydrogens is 250 g/mol. The van der Waals surface area contributed by atoms with E-state index >= 15 is 0 Å². The average Bonchev–Trinajstić information content (AvgIpc) is 2.75. The lowest BCUT2D eigenvalue weighted by Gasteiger charge is -2.03. The number of aromatic nitrogens is 1. The van der Waals surface area contributed by atoms with E-state index in [1.165, 1.54) is 37.5 Å². The molecule has 0 unspecified atom stereocenters. The Labute approximate surface area is 108 Å². The summed E-state index contributed by atoms with van der Waals surface area (Å²) in [5.41, 5.74) is 5.72. The van der Waals surface area contributed by atoms with Crippen molar-refractivity contribution in [2.75, 3.05) is 11.1 Å². The monoisotopic (exact) mass is 261 g/mol. The van der Waals surface area contributed by atoms with Gasteiger partial charge in [-0.05, 0) is 24.3 Å². The van der Waals surface area contributed by atoms with Crippen LogP contribution in [0.15, 0.2) is 34.9 Å². The summed E-state index contributed by atoms with van der Waals surface area (Å²) >= 11 is 0. The Bertz CT molecular complexity index is 604. The predicted octanol–water partition coefficient (Wildman–Crippen LogP) is 1.43. The molecule has 0 spiro atoms. The van der Waals surface area contributed by atoms with E-state index in [1.54, 1.807) is 0 Å².